The third-order valence-electron chi connectivity index (χ3n) is 2.48. The number of hydrogen-bond donors (Lipinski definition) is 0. The summed E-state index contributed by atoms with van der Waals surface area (Å²) in [7, 11) is -1.70. The third kappa shape index (κ3) is 5.93. The van der Waals surface area contributed by atoms with Gasteiger partial charge in [0.05, 0.1) is 12.1 Å². The van der Waals surface area contributed by atoms with Gasteiger partial charge in [-0.05, 0) is 45.6 Å². The highest BCUT2D eigenvalue weighted by Crippen LogP contribution is 2.35. The Balaban J connectivity index is 4.20. The quantitative estimate of drug-likeness (QED) is 0.598. The molecule has 0 saturated carbocycles. The van der Waals surface area contributed by atoms with E-state index in [1.165, 1.54) is 0 Å². The molecule has 0 aliphatic carbocycles. The predicted molar refractivity (Wildman–Crippen MR) is 69.8 cm³/mol. The Kier molecular flexibility index (Phi) is 8.17. The predicted octanol–water partition coefficient (Wildman–Crippen LogP) is 4.36. The van der Waals surface area contributed by atoms with E-state index in [1.54, 1.807) is 0 Å². The highest BCUT2D eigenvalue weighted by molar-refractivity contribution is 7.36. The Bertz CT molecular complexity index is 199. The van der Waals surface area contributed by atoms with Crippen LogP contribution in [0.5, 0.6) is 0 Å². The van der Waals surface area contributed by atoms with Crippen molar-refractivity contribution in [2.45, 2.75) is 79.0 Å². The second-order valence-electron chi connectivity index (χ2n) is 4.86. The molecule has 0 fully saturated rings. The van der Waals surface area contributed by atoms with E-state index < -0.39 is 8.18 Å². The van der Waals surface area contributed by atoms with Crippen LogP contribution in [0.2, 0.25) is 0 Å². The minimum absolute atomic E-state index is 0.0866. The Morgan fingerprint density at radius 2 is 1.62 bits per heavy atom. The first-order chi connectivity index (χ1) is 7.40. The summed E-state index contributed by atoms with van der Waals surface area (Å²) in [6.07, 6.45) is 3.36. The van der Waals surface area contributed by atoms with Gasteiger partial charge in [0.15, 0.2) is 0 Å². The van der Waals surface area contributed by atoms with E-state index in [0.29, 0.717) is 0 Å². The van der Waals surface area contributed by atoms with Gasteiger partial charge in [0.2, 0.25) is 0 Å². The normalized spacial score (nSPS) is 14.9. The van der Waals surface area contributed by atoms with E-state index in [1.807, 2.05) is 39.3 Å². The van der Waals surface area contributed by atoms with Crippen molar-refractivity contribution in [3.63, 3.8) is 0 Å². The van der Waals surface area contributed by atoms with Gasteiger partial charge in [-0.2, -0.15) is 0 Å². The fourth-order valence-corrected chi connectivity index (χ4v) is 3.00. The molecule has 0 saturated heterocycles. The monoisotopic (exact) mass is 248 g/mol. The molecule has 0 amide bonds. The number of unbranched alkanes of at least 4 members (excludes halogenated alkanes) is 1. The minimum atomic E-state index is -1.70. The Labute approximate surface area is 101 Å². The zero-order chi connectivity index (χ0) is 12.7. The van der Waals surface area contributed by atoms with Gasteiger partial charge in [0.1, 0.15) is 6.10 Å². The van der Waals surface area contributed by atoms with Crippen LogP contribution < -0.4 is 0 Å². The summed E-state index contributed by atoms with van der Waals surface area (Å²) < 4.78 is 19.6. The highest BCUT2D eigenvalue weighted by Gasteiger charge is 2.36. The van der Waals surface area contributed by atoms with Crippen molar-refractivity contribution in [2.75, 3.05) is 0 Å². The highest BCUT2D eigenvalue weighted by atomic mass is 31.1. The molecule has 0 aromatic carbocycles. The van der Waals surface area contributed by atoms with Gasteiger partial charge in [-0.15, -0.1) is 4.52 Å². The molecule has 96 valence electrons. The van der Waals surface area contributed by atoms with Crippen molar-refractivity contribution in [1.82, 2.24) is 4.67 Å². The van der Waals surface area contributed by atoms with Gasteiger partial charge in [-0.1, -0.05) is 24.4 Å². The number of hydrogen-bond acceptors (Lipinski definition) is 2. The summed E-state index contributed by atoms with van der Waals surface area (Å²) in [5, 5.41) is 0. The molecule has 0 heterocycles. The summed E-state index contributed by atoms with van der Waals surface area (Å²) in [5.41, 5.74) is 0. The van der Waals surface area contributed by atoms with Gasteiger partial charge in [-0.25, -0.2) is 0 Å². The van der Waals surface area contributed by atoms with Crippen LogP contribution in [0, 0.1) is 0 Å². The van der Waals surface area contributed by atoms with E-state index in [2.05, 4.69) is 6.92 Å². The van der Waals surface area contributed by atoms with Crippen LogP contribution in [-0.2, 0) is 9.09 Å². The van der Waals surface area contributed by atoms with Crippen LogP contribution >= 0.6 is 8.18 Å². The molecule has 0 N–H and O–H groups in total. The maximum Gasteiger partial charge on any atom is 0.616 e. The van der Waals surface area contributed by atoms with Crippen LogP contribution in [0.1, 0.15) is 60.8 Å². The summed E-state index contributed by atoms with van der Waals surface area (Å²) in [6, 6.07) is 0.504. The average molecular weight is 248 g/mol. The van der Waals surface area contributed by atoms with Crippen molar-refractivity contribution < 1.29 is 9.09 Å². The Morgan fingerprint density at radius 1 is 1.12 bits per heavy atom. The van der Waals surface area contributed by atoms with E-state index in [4.69, 9.17) is 4.52 Å². The third-order valence-corrected chi connectivity index (χ3v) is 4.32. The lowest BCUT2D eigenvalue weighted by Gasteiger charge is -2.18. The van der Waals surface area contributed by atoms with E-state index in [-0.39, 0.29) is 18.2 Å². The first-order valence-electron chi connectivity index (χ1n) is 6.32. The first kappa shape index (κ1) is 16.0. The largest absolute Gasteiger partial charge is 0.616 e. The van der Waals surface area contributed by atoms with E-state index >= 15 is 0 Å². The first-order valence-corrected chi connectivity index (χ1v) is 7.45. The van der Waals surface area contributed by atoms with E-state index in [0.717, 1.165) is 19.3 Å². The maximum absolute atomic E-state index is 12.1. The zero-order valence-corrected chi connectivity index (χ0v) is 12.5. The molecular weight excluding hydrogens is 221 g/mol. The lowest BCUT2D eigenvalue weighted by Crippen LogP contribution is -2.31. The van der Waals surface area contributed by atoms with Crippen LogP contribution in [0.4, 0.5) is 0 Å². The van der Waals surface area contributed by atoms with Crippen molar-refractivity contribution >= 4 is 8.18 Å². The Hall–Kier alpha value is 0.0200. The molecule has 2 unspecified atom stereocenters. The molecule has 0 aliphatic rings. The Morgan fingerprint density at radius 3 is 2.00 bits per heavy atom. The molecule has 0 spiro atoms. The maximum atomic E-state index is 12.1. The zero-order valence-electron chi connectivity index (χ0n) is 11.6. The van der Waals surface area contributed by atoms with Gasteiger partial charge < -0.3 is 0 Å². The summed E-state index contributed by atoms with van der Waals surface area (Å²) >= 11 is 0. The van der Waals surface area contributed by atoms with Crippen molar-refractivity contribution in [1.29, 1.82) is 0 Å². The van der Waals surface area contributed by atoms with Crippen molar-refractivity contribution in [2.24, 2.45) is 0 Å². The smallest absolute Gasteiger partial charge is 0.127 e. The molecule has 0 rings (SSSR count). The average Bonchev–Trinajstić information content (AvgIpc) is 2.13. The summed E-state index contributed by atoms with van der Waals surface area (Å²) in [4.78, 5) is 0. The van der Waals surface area contributed by atoms with Gasteiger partial charge in [0.25, 0.3) is 0 Å². The number of rotatable bonds is 8. The second kappa shape index (κ2) is 8.16. The molecular formula is C12H27NO2P+. The molecule has 0 aromatic heterocycles. The van der Waals surface area contributed by atoms with Crippen molar-refractivity contribution in [3.05, 3.63) is 0 Å². The summed E-state index contributed by atoms with van der Waals surface area (Å²) in [5.74, 6) is 0. The second-order valence-corrected chi connectivity index (χ2v) is 6.01. The van der Waals surface area contributed by atoms with Crippen LogP contribution in [0.3, 0.4) is 0 Å². The van der Waals surface area contributed by atoms with Gasteiger partial charge in [-0.3, -0.25) is 0 Å². The molecule has 3 nitrogen and oxygen atoms in total. The van der Waals surface area contributed by atoms with E-state index in [9.17, 15) is 4.57 Å². The molecule has 2 atom stereocenters. The van der Waals surface area contributed by atoms with Crippen molar-refractivity contribution in [3.8, 4) is 0 Å². The topological polar surface area (TPSA) is 29.5 Å². The number of nitrogens with zero attached hydrogens (tertiary/aromatic N) is 1. The standard InChI is InChI=1S/C12H27NO2P/c1-7-8-9-12(6)15-16(14)13(10(2)3)11(4)5/h10-12H,7-9H2,1-6H3/q+1. The molecule has 16 heavy (non-hydrogen) atoms. The fraction of sp³-hybridized carbons (Fsp3) is 1.00. The summed E-state index contributed by atoms with van der Waals surface area (Å²) in [6.45, 7) is 12.4. The lowest BCUT2D eigenvalue weighted by molar-refractivity contribution is 0.177. The van der Waals surface area contributed by atoms with Crippen LogP contribution in [0.25, 0.3) is 0 Å². The van der Waals surface area contributed by atoms with Crippen LogP contribution in [0.15, 0.2) is 0 Å². The lowest BCUT2D eigenvalue weighted by atomic mass is 10.2. The minimum Gasteiger partial charge on any atom is -0.127 e. The molecule has 0 bridgehead atoms. The van der Waals surface area contributed by atoms with Crippen LogP contribution in [-0.4, -0.2) is 22.9 Å². The SMILES string of the molecule is CCCCC(C)O[P+](=O)N(C(C)C)C(C)C. The van der Waals surface area contributed by atoms with Gasteiger partial charge in [0, 0.05) is 0 Å². The van der Waals surface area contributed by atoms with Gasteiger partial charge >= 0.3 is 8.18 Å². The molecule has 0 aliphatic heterocycles. The molecule has 4 heteroatoms. The molecule has 0 aromatic rings. The molecule has 0 radical (unpaired) electrons. The fourth-order valence-electron chi connectivity index (χ4n) is 1.73.